The van der Waals surface area contributed by atoms with Crippen LogP contribution in [-0.2, 0) is 28.5 Å². The molecule has 4 aliphatic rings. The third kappa shape index (κ3) is 0.771. The summed E-state index contributed by atoms with van der Waals surface area (Å²) in [6, 6.07) is 0. The number of hydrogen-bond acceptors (Lipinski definition) is 6. The predicted octanol–water partition coefficient (Wildman–Crippen LogP) is -0.353. The summed E-state index contributed by atoms with van der Waals surface area (Å²) in [5.74, 6) is -1.07. The van der Waals surface area contributed by atoms with Crippen molar-refractivity contribution in [3.05, 3.63) is 0 Å². The maximum atomic E-state index is 12.0. The molecule has 6 unspecified atom stereocenters. The van der Waals surface area contributed by atoms with Crippen molar-refractivity contribution >= 4 is 11.9 Å². The lowest BCUT2D eigenvalue weighted by Gasteiger charge is -2.42. The first kappa shape index (κ1) is 10.8. The molecule has 18 heavy (non-hydrogen) atoms. The largest absolute Gasteiger partial charge is 0.467 e. The number of rotatable bonds is 2. The van der Waals surface area contributed by atoms with Gasteiger partial charge in [-0.2, -0.15) is 0 Å². The summed E-state index contributed by atoms with van der Waals surface area (Å²) in [4.78, 5) is 24.0. The smallest absolute Gasteiger partial charge is 0.342 e. The third-order valence-corrected chi connectivity index (χ3v) is 5.02. The van der Waals surface area contributed by atoms with Crippen molar-refractivity contribution in [3.63, 3.8) is 0 Å². The van der Waals surface area contributed by atoms with Gasteiger partial charge in [-0.15, -0.1) is 0 Å². The van der Waals surface area contributed by atoms with E-state index in [1.165, 1.54) is 14.2 Å². The predicted molar refractivity (Wildman–Crippen MR) is 55.5 cm³/mol. The first-order valence-electron chi connectivity index (χ1n) is 6.16. The summed E-state index contributed by atoms with van der Waals surface area (Å²) in [7, 11) is 2.62. The molecule has 2 bridgehead atoms. The van der Waals surface area contributed by atoms with Gasteiger partial charge in [0.05, 0.1) is 26.4 Å². The Kier molecular flexibility index (Phi) is 1.72. The molecule has 0 N–H and O–H groups in total. The number of ether oxygens (including phenoxy) is 4. The van der Waals surface area contributed by atoms with Crippen molar-refractivity contribution in [1.29, 1.82) is 0 Å². The van der Waals surface area contributed by atoms with Crippen LogP contribution in [0.1, 0.15) is 12.8 Å². The van der Waals surface area contributed by atoms with E-state index < -0.39 is 23.1 Å². The molecular formula is C12H14O6. The molecule has 98 valence electrons. The van der Waals surface area contributed by atoms with Gasteiger partial charge < -0.3 is 18.9 Å². The van der Waals surface area contributed by atoms with E-state index >= 15 is 0 Å². The van der Waals surface area contributed by atoms with Gasteiger partial charge >= 0.3 is 11.9 Å². The molecule has 0 spiro atoms. The van der Waals surface area contributed by atoms with Crippen molar-refractivity contribution in [1.82, 2.24) is 0 Å². The highest BCUT2D eigenvalue weighted by atomic mass is 16.7. The van der Waals surface area contributed by atoms with Gasteiger partial charge in [0.2, 0.25) is 11.2 Å². The standard InChI is InChI=1S/C12H14O6/c1-15-9(13)11-7-5-3-4-6(17-5)8(7)12(11,18-11)10(14)16-2/h5-8H,3-4H2,1-2H3. The summed E-state index contributed by atoms with van der Waals surface area (Å²) in [6.45, 7) is 0. The lowest BCUT2D eigenvalue weighted by atomic mass is 9.52. The second kappa shape index (κ2) is 2.88. The van der Waals surface area contributed by atoms with Crippen LogP contribution < -0.4 is 0 Å². The molecule has 0 aromatic heterocycles. The van der Waals surface area contributed by atoms with Crippen molar-refractivity contribution in [2.75, 3.05) is 14.2 Å². The fraction of sp³-hybridized carbons (Fsp3) is 0.833. The van der Waals surface area contributed by atoms with E-state index in [1.807, 2.05) is 0 Å². The molecule has 0 radical (unpaired) electrons. The van der Waals surface area contributed by atoms with Gasteiger partial charge in [0.1, 0.15) is 0 Å². The molecule has 4 fully saturated rings. The molecule has 0 amide bonds. The average Bonchev–Trinajstić information content (AvgIpc) is 2.72. The van der Waals surface area contributed by atoms with E-state index in [1.54, 1.807) is 0 Å². The molecule has 1 saturated carbocycles. The van der Waals surface area contributed by atoms with E-state index in [0.29, 0.717) is 0 Å². The Hall–Kier alpha value is -1.14. The molecular weight excluding hydrogens is 240 g/mol. The van der Waals surface area contributed by atoms with Crippen LogP contribution in [0.25, 0.3) is 0 Å². The molecule has 6 heteroatoms. The summed E-state index contributed by atoms with van der Waals surface area (Å²) in [6.07, 6.45) is 1.87. The van der Waals surface area contributed by atoms with Crippen LogP contribution in [0.2, 0.25) is 0 Å². The lowest BCUT2D eigenvalue weighted by molar-refractivity contribution is -0.162. The van der Waals surface area contributed by atoms with E-state index in [-0.39, 0.29) is 24.0 Å². The highest BCUT2D eigenvalue weighted by Gasteiger charge is 2.99. The second-order valence-electron chi connectivity index (χ2n) is 5.40. The number of carbonyl (C=O) groups is 2. The Morgan fingerprint density at radius 3 is 1.83 bits per heavy atom. The Labute approximate surface area is 104 Å². The van der Waals surface area contributed by atoms with Gasteiger partial charge in [0.15, 0.2) is 0 Å². The number of esters is 2. The van der Waals surface area contributed by atoms with Crippen molar-refractivity contribution in [2.24, 2.45) is 11.8 Å². The zero-order chi connectivity index (χ0) is 12.7. The summed E-state index contributed by atoms with van der Waals surface area (Å²) in [5.41, 5.74) is -2.28. The summed E-state index contributed by atoms with van der Waals surface area (Å²) in [5, 5.41) is 0. The molecule has 0 aromatic rings. The monoisotopic (exact) mass is 254 g/mol. The minimum atomic E-state index is -1.14. The average molecular weight is 254 g/mol. The zero-order valence-electron chi connectivity index (χ0n) is 10.2. The zero-order valence-corrected chi connectivity index (χ0v) is 10.2. The number of fused-ring (bicyclic) bond motifs is 8. The van der Waals surface area contributed by atoms with Crippen LogP contribution in [-0.4, -0.2) is 49.6 Å². The van der Waals surface area contributed by atoms with Crippen LogP contribution >= 0.6 is 0 Å². The molecule has 1 aliphatic carbocycles. The first-order chi connectivity index (χ1) is 8.63. The van der Waals surface area contributed by atoms with Gasteiger partial charge in [-0.05, 0) is 12.8 Å². The van der Waals surface area contributed by atoms with E-state index in [0.717, 1.165) is 12.8 Å². The minimum absolute atomic E-state index is 0.0133. The fourth-order valence-corrected chi connectivity index (χ4v) is 4.43. The second-order valence-corrected chi connectivity index (χ2v) is 5.40. The molecule has 3 saturated heterocycles. The Bertz CT molecular complexity index is 421. The molecule has 6 nitrogen and oxygen atoms in total. The van der Waals surface area contributed by atoms with Gasteiger partial charge in [-0.25, -0.2) is 9.59 Å². The highest BCUT2D eigenvalue weighted by Crippen LogP contribution is 2.77. The number of hydrogen-bond donors (Lipinski definition) is 0. The highest BCUT2D eigenvalue weighted by molar-refractivity contribution is 6.02. The van der Waals surface area contributed by atoms with Crippen LogP contribution in [0.3, 0.4) is 0 Å². The molecule has 0 aromatic carbocycles. The van der Waals surface area contributed by atoms with E-state index in [4.69, 9.17) is 18.9 Å². The van der Waals surface area contributed by atoms with Crippen LogP contribution in [0.4, 0.5) is 0 Å². The summed E-state index contributed by atoms with van der Waals surface area (Å²) >= 11 is 0. The fourth-order valence-electron chi connectivity index (χ4n) is 4.43. The minimum Gasteiger partial charge on any atom is -0.467 e. The maximum absolute atomic E-state index is 12.0. The van der Waals surface area contributed by atoms with Crippen molar-refractivity contribution in [3.8, 4) is 0 Å². The van der Waals surface area contributed by atoms with Crippen molar-refractivity contribution < 1.29 is 28.5 Å². The Balaban J connectivity index is 1.77. The Morgan fingerprint density at radius 2 is 1.44 bits per heavy atom. The quantitative estimate of drug-likeness (QED) is 0.495. The normalized spacial score (nSPS) is 54.1. The number of carbonyl (C=O) groups excluding carboxylic acids is 2. The van der Waals surface area contributed by atoms with Crippen LogP contribution in [0.15, 0.2) is 0 Å². The topological polar surface area (TPSA) is 74.4 Å². The first-order valence-corrected chi connectivity index (χ1v) is 6.16. The molecule has 3 heterocycles. The van der Waals surface area contributed by atoms with Crippen molar-refractivity contribution in [2.45, 2.75) is 36.3 Å². The van der Waals surface area contributed by atoms with E-state index in [9.17, 15) is 9.59 Å². The SMILES string of the molecule is COC(=O)C12OC1(C(=O)OC)C1C3CCC(O3)C12. The van der Waals surface area contributed by atoms with Crippen LogP contribution in [0, 0.1) is 11.8 Å². The lowest BCUT2D eigenvalue weighted by Crippen LogP contribution is -2.66. The number of epoxide rings is 1. The molecule has 3 aliphatic heterocycles. The number of methoxy groups -OCH3 is 2. The summed E-state index contributed by atoms with van der Waals surface area (Å²) < 4.78 is 21.0. The van der Waals surface area contributed by atoms with Gasteiger partial charge in [0, 0.05) is 11.8 Å². The van der Waals surface area contributed by atoms with Gasteiger partial charge in [-0.1, -0.05) is 0 Å². The Morgan fingerprint density at radius 1 is 1.00 bits per heavy atom. The van der Waals surface area contributed by atoms with Gasteiger partial charge in [-0.3, -0.25) is 0 Å². The van der Waals surface area contributed by atoms with E-state index in [2.05, 4.69) is 0 Å². The van der Waals surface area contributed by atoms with Crippen LogP contribution in [0.5, 0.6) is 0 Å². The van der Waals surface area contributed by atoms with Gasteiger partial charge in [0.25, 0.3) is 0 Å². The third-order valence-electron chi connectivity index (χ3n) is 5.02. The maximum Gasteiger partial charge on any atom is 0.342 e. The molecule has 4 rings (SSSR count). The molecule has 6 atom stereocenters.